The molecule has 1 aromatic rings. The number of nitrogens with zero attached hydrogens (tertiary/aromatic N) is 1. The van der Waals surface area contributed by atoms with E-state index >= 15 is 0 Å². The van der Waals surface area contributed by atoms with Gasteiger partial charge >= 0.3 is 5.97 Å². The van der Waals surface area contributed by atoms with Gasteiger partial charge in [-0.1, -0.05) is 12.8 Å². The molecule has 0 saturated heterocycles. The van der Waals surface area contributed by atoms with Gasteiger partial charge in [0.05, 0.1) is 18.4 Å². The number of carbonyl (C=O) groups is 1. The van der Waals surface area contributed by atoms with Gasteiger partial charge < -0.3 is 15.8 Å². The molecular formula is C14H21N3O2. The van der Waals surface area contributed by atoms with Gasteiger partial charge in [-0.2, -0.15) is 0 Å². The van der Waals surface area contributed by atoms with Crippen molar-refractivity contribution in [3.8, 4) is 0 Å². The van der Waals surface area contributed by atoms with Crippen molar-refractivity contribution >= 4 is 17.5 Å². The van der Waals surface area contributed by atoms with E-state index in [-0.39, 0.29) is 0 Å². The first kappa shape index (κ1) is 13.6. The molecule has 1 atom stereocenters. The first-order chi connectivity index (χ1) is 9.13. The van der Waals surface area contributed by atoms with E-state index in [1.807, 2.05) is 0 Å². The minimum absolute atomic E-state index is 0.310. The van der Waals surface area contributed by atoms with Crippen molar-refractivity contribution in [3.05, 3.63) is 17.8 Å². The van der Waals surface area contributed by atoms with E-state index in [2.05, 4.69) is 17.2 Å². The molecule has 19 heavy (non-hydrogen) atoms. The number of pyridine rings is 1. The first-order valence-corrected chi connectivity index (χ1v) is 6.72. The molecule has 5 heteroatoms. The largest absolute Gasteiger partial charge is 0.465 e. The summed E-state index contributed by atoms with van der Waals surface area (Å²) in [7, 11) is 1.34. The van der Waals surface area contributed by atoms with Gasteiger partial charge in [0.1, 0.15) is 5.82 Å². The van der Waals surface area contributed by atoms with Crippen LogP contribution in [0.3, 0.4) is 0 Å². The van der Waals surface area contributed by atoms with Gasteiger partial charge in [-0.3, -0.25) is 0 Å². The summed E-state index contributed by atoms with van der Waals surface area (Å²) in [6.45, 7) is 2.14. The highest BCUT2D eigenvalue weighted by molar-refractivity contribution is 5.97. The Labute approximate surface area is 113 Å². The van der Waals surface area contributed by atoms with Crippen LogP contribution in [0.1, 0.15) is 43.0 Å². The third-order valence-electron chi connectivity index (χ3n) is 3.87. The number of carbonyl (C=O) groups excluding carboxylic acids is 1. The Hall–Kier alpha value is -1.78. The number of hydrogen-bond donors (Lipinski definition) is 2. The first-order valence-electron chi connectivity index (χ1n) is 6.72. The quantitative estimate of drug-likeness (QED) is 0.816. The third kappa shape index (κ3) is 2.97. The third-order valence-corrected chi connectivity index (χ3v) is 3.87. The van der Waals surface area contributed by atoms with Gasteiger partial charge in [-0.05, 0) is 31.7 Å². The number of nitrogens with one attached hydrogen (secondary N) is 1. The monoisotopic (exact) mass is 263 g/mol. The van der Waals surface area contributed by atoms with Crippen molar-refractivity contribution in [2.75, 3.05) is 18.2 Å². The van der Waals surface area contributed by atoms with E-state index < -0.39 is 5.97 Å². The summed E-state index contributed by atoms with van der Waals surface area (Å²) in [5.74, 6) is 0.793. The maximum atomic E-state index is 11.6. The molecule has 1 saturated carbocycles. The maximum absolute atomic E-state index is 11.6. The van der Waals surface area contributed by atoms with Gasteiger partial charge in [0.15, 0.2) is 0 Å². The topological polar surface area (TPSA) is 77.2 Å². The number of ether oxygens (including phenoxy) is 1. The van der Waals surface area contributed by atoms with Gasteiger partial charge in [0, 0.05) is 12.2 Å². The zero-order valence-electron chi connectivity index (χ0n) is 11.5. The minimum Gasteiger partial charge on any atom is -0.465 e. The van der Waals surface area contributed by atoms with E-state index in [0.717, 1.165) is 0 Å². The molecule has 1 fully saturated rings. The number of anilines is 2. The zero-order valence-corrected chi connectivity index (χ0v) is 11.5. The smallest absolute Gasteiger partial charge is 0.340 e. The molecule has 0 aliphatic heterocycles. The lowest BCUT2D eigenvalue weighted by molar-refractivity contribution is 0.0602. The van der Waals surface area contributed by atoms with Gasteiger partial charge in [0.2, 0.25) is 0 Å². The lowest BCUT2D eigenvalue weighted by atomic mass is 10.00. The van der Waals surface area contributed by atoms with Crippen LogP contribution in [0.5, 0.6) is 0 Å². The van der Waals surface area contributed by atoms with E-state index in [0.29, 0.717) is 29.0 Å². The van der Waals surface area contributed by atoms with Crippen LogP contribution in [0.15, 0.2) is 12.3 Å². The van der Waals surface area contributed by atoms with E-state index in [1.54, 1.807) is 12.3 Å². The molecule has 0 bridgehead atoms. The standard InChI is InChI=1S/C14H21N3O2/c1-9(10-5-3-4-6-10)17-13-12(15)11(7-8-16-13)14(18)19-2/h7-10H,3-6,15H2,1-2H3,(H,16,17). The van der Waals surface area contributed by atoms with Crippen LogP contribution < -0.4 is 11.1 Å². The van der Waals surface area contributed by atoms with Crippen LogP contribution in [-0.4, -0.2) is 24.1 Å². The Morgan fingerprint density at radius 1 is 1.53 bits per heavy atom. The van der Waals surface area contributed by atoms with Crippen molar-refractivity contribution < 1.29 is 9.53 Å². The molecule has 0 aromatic carbocycles. The number of esters is 1. The molecule has 1 aliphatic carbocycles. The van der Waals surface area contributed by atoms with Crippen LogP contribution in [0.25, 0.3) is 0 Å². The Morgan fingerprint density at radius 2 is 2.21 bits per heavy atom. The predicted octanol–water partition coefficient (Wildman–Crippen LogP) is 2.44. The lowest BCUT2D eigenvalue weighted by Gasteiger charge is -2.22. The van der Waals surface area contributed by atoms with Gasteiger partial charge in [0.25, 0.3) is 0 Å². The molecule has 1 heterocycles. The van der Waals surface area contributed by atoms with Crippen LogP contribution in [0, 0.1) is 5.92 Å². The normalized spacial score (nSPS) is 17.2. The number of methoxy groups -OCH3 is 1. The zero-order chi connectivity index (χ0) is 13.8. The summed E-state index contributed by atoms with van der Waals surface area (Å²) in [6, 6.07) is 1.89. The fourth-order valence-electron chi connectivity index (χ4n) is 2.67. The number of nitrogens with two attached hydrogens (primary N) is 1. The molecule has 0 amide bonds. The fraction of sp³-hybridized carbons (Fsp3) is 0.571. The van der Waals surface area contributed by atoms with Crippen molar-refractivity contribution in [1.82, 2.24) is 4.98 Å². The number of nitrogen functional groups attached to an aromatic ring is 1. The summed E-state index contributed by atoms with van der Waals surface area (Å²) in [4.78, 5) is 15.8. The Kier molecular flexibility index (Phi) is 4.24. The summed E-state index contributed by atoms with van der Waals surface area (Å²) < 4.78 is 4.70. The van der Waals surface area contributed by atoms with E-state index in [9.17, 15) is 4.79 Å². The highest BCUT2D eigenvalue weighted by atomic mass is 16.5. The Morgan fingerprint density at radius 3 is 2.84 bits per heavy atom. The highest BCUT2D eigenvalue weighted by Crippen LogP contribution is 2.30. The number of rotatable bonds is 4. The molecule has 104 valence electrons. The van der Waals surface area contributed by atoms with Crippen molar-refractivity contribution in [2.45, 2.75) is 38.6 Å². The van der Waals surface area contributed by atoms with Gasteiger partial charge in [-0.15, -0.1) is 0 Å². The minimum atomic E-state index is -0.434. The molecule has 3 N–H and O–H groups in total. The summed E-state index contributed by atoms with van der Waals surface area (Å²) in [6.07, 6.45) is 6.64. The average Bonchev–Trinajstić information content (AvgIpc) is 2.94. The molecular weight excluding hydrogens is 242 g/mol. The second kappa shape index (κ2) is 5.91. The SMILES string of the molecule is COC(=O)c1ccnc(NC(C)C2CCCC2)c1N. The Balaban J connectivity index is 2.13. The Bertz CT molecular complexity index is 456. The lowest BCUT2D eigenvalue weighted by Crippen LogP contribution is -2.25. The van der Waals surface area contributed by atoms with Crippen LogP contribution in [0.2, 0.25) is 0 Å². The molecule has 1 aromatic heterocycles. The number of hydrogen-bond acceptors (Lipinski definition) is 5. The summed E-state index contributed by atoms with van der Waals surface area (Å²) >= 11 is 0. The van der Waals surface area contributed by atoms with Crippen molar-refractivity contribution in [3.63, 3.8) is 0 Å². The number of aromatic nitrogens is 1. The molecule has 2 rings (SSSR count). The summed E-state index contributed by atoms with van der Waals surface area (Å²) in [5, 5.41) is 3.33. The van der Waals surface area contributed by atoms with E-state index in [4.69, 9.17) is 10.5 Å². The molecule has 0 spiro atoms. The molecule has 1 unspecified atom stereocenters. The van der Waals surface area contributed by atoms with Crippen molar-refractivity contribution in [1.29, 1.82) is 0 Å². The second-order valence-electron chi connectivity index (χ2n) is 5.09. The van der Waals surface area contributed by atoms with E-state index in [1.165, 1.54) is 32.8 Å². The molecule has 0 radical (unpaired) electrons. The average molecular weight is 263 g/mol. The fourth-order valence-corrected chi connectivity index (χ4v) is 2.67. The van der Waals surface area contributed by atoms with Crippen LogP contribution in [-0.2, 0) is 4.74 Å². The summed E-state index contributed by atoms with van der Waals surface area (Å²) in [5.41, 5.74) is 6.70. The highest BCUT2D eigenvalue weighted by Gasteiger charge is 2.23. The van der Waals surface area contributed by atoms with Gasteiger partial charge in [-0.25, -0.2) is 9.78 Å². The van der Waals surface area contributed by atoms with Crippen molar-refractivity contribution in [2.24, 2.45) is 5.92 Å². The van der Waals surface area contributed by atoms with Crippen LogP contribution >= 0.6 is 0 Å². The van der Waals surface area contributed by atoms with Crippen LogP contribution in [0.4, 0.5) is 11.5 Å². The molecule has 5 nitrogen and oxygen atoms in total. The second-order valence-corrected chi connectivity index (χ2v) is 5.09. The maximum Gasteiger partial charge on any atom is 0.340 e. The predicted molar refractivity (Wildman–Crippen MR) is 75.0 cm³/mol. The molecule has 1 aliphatic rings.